The molecule has 2 atom stereocenters. The number of hydrogen-bond donors (Lipinski definition) is 4. The number of rotatable bonds is 3. The van der Waals surface area contributed by atoms with E-state index in [2.05, 4.69) is 28.1 Å². The van der Waals surface area contributed by atoms with Crippen LogP contribution in [0.25, 0.3) is 0 Å². The third-order valence-corrected chi connectivity index (χ3v) is 5.84. The van der Waals surface area contributed by atoms with Gasteiger partial charge in [-0.15, -0.1) is 0 Å². The Morgan fingerprint density at radius 3 is 2.54 bits per heavy atom. The largest absolute Gasteiger partial charge is 0.511 e. The highest BCUT2D eigenvalue weighted by Gasteiger charge is 2.41. The van der Waals surface area contributed by atoms with Gasteiger partial charge in [0.25, 0.3) is 11.8 Å². The minimum absolute atomic E-state index is 0.111. The highest BCUT2D eigenvalue weighted by atomic mass is 16.3. The van der Waals surface area contributed by atoms with E-state index in [1.54, 1.807) is 0 Å². The molecule has 1 aromatic rings. The molecule has 2 heterocycles. The molecule has 0 bridgehead atoms. The highest BCUT2D eigenvalue weighted by Crippen LogP contribution is 2.33. The number of nitrogens with one attached hydrogen (secondary N) is 3. The van der Waals surface area contributed by atoms with E-state index in [0.717, 1.165) is 0 Å². The summed E-state index contributed by atoms with van der Waals surface area (Å²) in [7, 11) is 0. The Morgan fingerprint density at radius 1 is 1.08 bits per heavy atom. The van der Waals surface area contributed by atoms with E-state index in [9.17, 15) is 14.7 Å². The Labute approximate surface area is 153 Å². The average molecular weight is 355 g/mol. The van der Waals surface area contributed by atoms with Gasteiger partial charge < -0.3 is 21.1 Å². The number of amides is 2. The molecule has 0 aromatic heterocycles. The minimum atomic E-state index is -0.559. The first-order valence-corrected chi connectivity index (χ1v) is 9.49. The van der Waals surface area contributed by atoms with Crippen LogP contribution in [0.5, 0.6) is 0 Å². The lowest BCUT2D eigenvalue weighted by Gasteiger charge is -2.26. The van der Waals surface area contributed by atoms with Crippen LogP contribution in [0.2, 0.25) is 0 Å². The summed E-state index contributed by atoms with van der Waals surface area (Å²) < 4.78 is 0. The number of carbonyl (C=O) groups excluding carboxylic acids is 2. The molecule has 1 aliphatic carbocycles. The minimum Gasteiger partial charge on any atom is -0.511 e. The zero-order valence-electron chi connectivity index (χ0n) is 14.8. The molecule has 0 unspecified atom stereocenters. The molecule has 6 nitrogen and oxygen atoms in total. The van der Waals surface area contributed by atoms with Gasteiger partial charge >= 0.3 is 0 Å². The Hall–Kier alpha value is -2.34. The average Bonchev–Trinajstić information content (AvgIpc) is 3.12. The van der Waals surface area contributed by atoms with Crippen molar-refractivity contribution in [2.45, 2.75) is 44.1 Å². The van der Waals surface area contributed by atoms with Crippen molar-refractivity contribution in [2.75, 3.05) is 18.4 Å². The van der Waals surface area contributed by atoms with Gasteiger partial charge in [-0.25, -0.2) is 0 Å². The molecule has 6 heteroatoms. The molecule has 0 spiro atoms. The van der Waals surface area contributed by atoms with Crippen LogP contribution in [-0.4, -0.2) is 36.1 Å². The summed E-state index contributed by atoms with van der Waals surface area (Å²) in [6.07, 6.45) is 6.33. The van der Waals surface area contributed by atoms with Crippen molar-refractivity contribution in [3.63, 3.8) is 0 Å². The Morgan fingerprint density at radius 2 is 1.81 bits per heavy atom. The van der Waals surface area contributed by atoms with Gasteiger partial charge in [-0.3, -0.25) is 9.59 Å². The Balaban J connectivity index is 1.47. The summed E-state index contributed by atoms with van der Waals surface area (Å²) >= 11 is 0. The monoisotopic (exact) mass is 355 g/mol. The van der Waals surface area contributed by atoms with E-state index in [4.69, 9.17) is 0 Å². The number of carbonyl (C=O) groups is 2. The zero-order chi connectivity index (χ0) is 18.1. The molecular formula is C20H25N3O3. The van der Waals surface area contributed by atoms with Crippen molar-refractivity contribution in [3.05, 3.63) is 41.2 Å². The van der Waals surface area contributed by atoms with E-state index in [-0.39, 0.29) is 23.3 Å². The maximum absolute atomic E-state index is 12.6. The third kappa shape index (κ3) is 3.21. The van der Waals surface area contributed by atoms with E-state index in [1.807, 2.05) is 12.1 Å². The molecule has 2 aliphatic heterocycles. The maximum atomic E-state index is 12.6. The van der Waals surface area contributed by atoms with Gasteiger partial charge in [0.05, 0.1) is 12.0 Å². The highest BCUT2D eigenvalue weighted by molar-refractivity contribution is 6.23. The van der Waals surface area contributed by atoms with Gasteiger partial charge in [0.15, 0.2) is 0 Å². The van der Waals surface area contributed by atoms with Crippen LogP contribution >= 0.6 is 0 Å². The van der Waals surface area contributed by atoms with E-state index in [1.165, 1.54) is 37.7 Å². The van der Waals surface area contributed by atoms with Crippen LogP contribution in [0.3, 0.4) is 0 Å². The molecule has 138 valence electrons. The SMILES string of the molecule is O=C(Nc1ccc(C2CCCCC2)cc1)C1=C(O)[C@H]2CNC[C@@H]2NC1=O. The van der Waals surface area contributed by atoms with Crippen molar-refractivity contribution in [1.29, 1.82) is 0 Å². The van der Waals surface area contributed by atoms with Crippen molar-refractivity contribution < 1.29 is 14.7 Å². The first-order valence-electron chi connectivity index (χ1n) is 9.49. The third-order valence-electron chi connectivity index (χ3n) is 5.84. The van der Waals surface area contributed by atoms with E-state index >= 15 is 0 Å². The van der Waals surface area contributed by atoms with Crippen molar-refractivity contribution in [3.8, 4) is 0 Å². The fourth-order valence-corrected chi connectivity index (χ4v) is 4.35. The first-order chi connectivity index (χ1) is 12.6. The summed E-state index contributed by atoms with van der Waals surface area (Å²) in [5, 5.41) is 19.1. The van der Waals surface area contributed by atoms with Gasteiger partial charge in [0, 0.05) is 18.8 Å². The van der Waals surface area contributed by atoms with Gasteiger partial charge in [0.2, 0.25) is 0 Å². The standard InChI is InChI=1S/C20H25N3O3/c24-18-15-10-21-11-16(15)23-20(26)17(18)19(25)22-14-8-6-13(7-9-14)12-4-2-1-3-5-12/h6-9,12,15-16,21,24H,1-5,10-11H2,(H,22,25)(H,23,26)/t15-,16-/m0/s1. The van der Waals surface area contributed by atoms with Crippen LogP contribution in [0.1, 0.15) is 43.6 Å². The van der Waals surface area contributed by atoms with Gasteiger partial charge in [0.1, 0.15) is 11.3 Å². The second-order valence-corrected chi connectivity index (χ2v) is 7.52. The quantitative estimate of drug-likeness (QED) is 0.626. The summed E-state index contributed by atoms with van der Waals surface area (Å²) in [6.45, 7) is 1.17. The Kier molecular flexibility index (Phi) is 4.68. The summed E-state index contributed by atoms with van der Waals surface area (Å²) in [6, 6.07) is 7.71. The van der Waals surface area contributed by atoms with Gasteiger partial charge in [-0.05, 0) is 36.5 Å². The second-order valence-electron chi connectivity index (χ2n) is 7.52. The van der Waals surface area contributed by atoms with Crippen LogP contribution in [0.15, 0.2) is 35.6 Å². The van der Waals surface area contributed by atoms with Crippen LogP contribution in [0, 0.1) is 5.92 Å². The first kappa shape index (κ1) is 17.1. The van der Waals surface area contributed by atoms with Crippen molar-refractivity contribution in [1.82, 2.24) is 10.6 Å². The number of fused-ring (bicyclic) bond motifs is 1. The van der Waals surface area contributed by atoms with Crippen LogP contribution in [0.4, 0.5) is 5.69 Å². The molecule has 1 aromatic carbocycles. The summed E-state index contributed by atoms with van der Waals surface area (Å²) in [4.78, 5) is 24.8. The molecule has 4 rings (SSSR count). The fraction of sp³-hybridized carbons (Fsp3) is 0.500. The number of aliphatic hydroxyl groups is 1. The van der Waals surface area contributed by atoms with E-state index < -0.39 is 11.8 Å². The smallest absolute Gasteiger partial charge is 0.264 e. The molecule has 1 saturated carbocycles. The van der Waals surface area contributed by atoms with E-state index in [0.29, 0.717) is 24.7 Å². The van der Waals surface area contributed by atoms with Gasteiger partial charge in [-0.2, -0.15) is 0 Å². The lowest BCUT2D eigenvalue weighted by molar-refractivity contribution is -0.123. The van der Waals surface area contributed by atoms with Crippen LogP contribution < -0.4 is 16.0 Å². The van der Waals surface area contributed by atoms with Crippen molar-refractivity contribution >= 4 is 17.5 Å². The number of benzene rings is 1. The second kappa shape index (κ2) is 7.11. The molecule has 26 heavy (non-hydrogen) atoms. The molecule has 1 saturated heterocycles. The van der Waals surface area contributed by atoms with Gasteiger partial charge in [-0.1, -0.05) is 31.4 Å². The summed E-state index contributed by atoms with van der Waals surface area (Å²) in [5.41, 5.74) is 1.76. The number of aliphatic hydroxyl groups excluding tert-OH is 1. The molecule has 3 aliphatic rings. The predicted molar refractivity (Wildman–Crippen MR) is 98.8 cm³/mol. The zero-order valence-corrected chi connectivity index (χ0v) is 14.8. The number of anilines is 1. The predicted octanol–water partition coefficient (Wildman–Crippen LogP) is 2.20. The fourth-order valence-electron chi connectivity index (χ4n) is 4.35. The molecule has 0 radical (unpaired) electrons. The molecule has 2 amide bonds. The van der Waals surface area contributed by atoms with Crippen LogP contribution in [-0.2, 0) is 9.59 Å². The topological polar surface area (TPSA) is 90.5 Å². The molecule has 2 fully saturated rings. The van der Waals surface area contributed by atoms with Crippen molar-refractivity contribution in [2.24, 2.45) is 5.92 Å². The summed E-state index contributed by atoms with van der Waals surface area (Å²) in [5.74, 6) is -0.807. The maximum Gasteiger partial charge on any atom is 0.264 e. The molecular weight excluding hydrogens is 330 g/mol. The lowest BCUT2D eigenvalue weighted by atomic mass is 9.84. The number of hydrogen-bond acceptors (Lipinski definition) is 4. The lowest BCUT2D eigenvalue weighted by Crippen LogP contribution is -2.48. The molecule has 4 N–H and O–H groups in total. The normalized spacial score (nSPS) is 26.4. The Bertz CT molecular complexity index is 735.